The Morgan fingerprint density at radius 3 is 1.54 bits per heavy atom. The van der Waals surface area contributed by atoms with Gasteiger partial charge in [-0.2, -0.15) is 0 Å². The molecule has 0 heterocycles. The van der Waals surface area contributed by atoms with E-state index in [-0.39, 0.29) is 0 Å². The van der Waals surface area contributed by atoms with E-state index in [1.807, 2.05) is 0 Å². The fourth-order valence-corrected chi connectivity index (χ4v) is 4.29. The molecule has 5 rings (SSSR count). The van der Waals surface area contributed by atoms with Crippen LogP contribution in [0.1, 0.15) is 27.8 Å². The van der Waals surface area contributed by atoms with Gasteiger partial charge in [0, 0.05) is 0 Å². The molecule has 0 saturated carbocycles. The number of rotatable bonds is 2. The first-order valence-electron chi connectivity index (χ1n) is 9.79. The molecule has 0 unspecified atom stereocenters. The van der Waals surface area contributed by atoms with Crippen molar-refractivity contribution in [1.29, 1.82) is 0 Å². The number of aryl methyl sites for hydroxylation is 2. The highest BCUT2D eigenvalue weighted by Crippen LogP contribution is 2.44. The summed E-state index contributed by atoms with van der Waals surface area (Å²) in [6.45, 7) is 4.31. The first-order valence-corrected chi connectivity index (χ1v) is 9.79. The molecular formula is C28H22. The second kappa shape index (κ2) is 6.65. The summed E-state index contributed by atoms with van der Waals surface area (Å²) in [6, 6.07) is 33.0. The van der Waals surface area contributed by atoms with Crippen molar-refractivity contribution in [2.24, 2.45) is 0 Å². The number of fused-ring (bicyclic) bond motifs is 3. The van der Waals surface area contributed by atoms with Gasteiger partial charge in [0.1, 0.15) is 0 Å². The molecule has 0 saturated heterocycles. The van der Waals surface area contributed by atoms with Gasteiger partial charge in [-0.05, 0) is 64.4 Å². The van der Waals surface area contributed by atoms with Crippen molar-refractivity contribution in [2.75, 3.05) is 0 Å². The van der Waals surface area contributed by atoms with Crippen molar-refractivity contribution in [3.8, 4) is 22.3 Å². The molecule has 0 amide bonds. The van der Waals surface area contributed by atoms with Crippen molar-refractivity contribution in [1.82, 2.24) is 0 Å². The number of hydrogen-bond acceptors (Lipinski definition) is 0. The largest absolute Gasteiger partial charge is 0.0616 e. The number of hydrogen-bond donors (Lipinski definition) is 0. The molecule has 0 atom stereocenters. The van der Waals surface area contributed by atoms with E-state index in [4.69, 9.17) is 0 Å². The smallest absolute Gasteiger partial charge is 0.00930 e. The quantitative estimate of drug-likeness (QED) is 0.306. The van der Waals surface area contributed by atoms with Gasteiger partial charge in [0.25, 0.3) is 0 Å². The van der Waals surface area contributed by atoms with Gasteiger partial charge in [-0.25, -0.2) is 0 Å². The van der Waals surface area contributed by atoms with Crippen LogP contribution in [0.25, 0.3) is 33.9 Å². The molecule has 134 valence electrons. The van der Waals surface area contributed by atoms with Crippen LogP contribution in [0.5, 0.6) is 0 Å². The third-order valence-electron chi connectivity index (χ3n) is 5.50. The van der Waals surface area contributed by atoms with Crippen molar-refractivity contribution >= 4 is 11.6 Å². The minimum Gasteiger partial charge on any atom is -0.0616 e. The topological polar surface area (TPSA) is 0 Å². The SMILES string of the molecule is Cc1cc(C)cc(-c2ccc(C=C3c4ccccc4-c4ccccc43)cc2)c1. The van der Waals surface area contributed by atoms with Crippen LogP contribution in [0.3, 0.4) is 0 Å². The van der Waals surface area contributed by atoms with Gasteiger partial charge < -0.3 is 0 Å². The zero-order chi connectivity index (χ0) is 19.1. The van der Waals surface area contributed by atoms with E-state index in [1.54, 1.807) is 0 Å². The molecule has 0 bridgehead atoms. The van der Waals surface area contributed by atoms with Crippen LogP contribution >= 0.6 is 0 Å². The summed E-state index contributed by atoms with van der Waals surface area (Å²) < 4.78 is 0. The molecule has 0 fully saturated rings. The monoisotopic (exact) mass is 358 g/mol. The molecule has 4 aromatic rings. The van der Waals surface area contributed by atoms with Gasteiger partial charge in [-0.3, -0.25) is 0 Å². The molecule has 4 aromatic carbocycles. The number of benzene rings is 4. The average Bonchev–Trinajstić information content (AvgIpc) is 3.02. The third-order valence-corrected chi connectivity index (χ3v) is 5.50. The average molecular weight is 358 g/mol. The lowest BCUT2D eigenvalue weighted by Gasteiger charge is -2.07. The van der Waals surface area contributed by atoms with Crippen LogP contribution in [-0.4, -0.2) is 0 Å². The second-order valence-corrected chi connectivity index (χ2v) is 7.65. The summed E-state index contributed by atoms with van der Waals surface area (Å²) in [5, 5.41) is 0. The van der Waals surface area contributed by atoms with Crippen LogP contribution in [0.2, 0.25) is 0 Å². The highest BCUT2D eigenvalue weighted by Gasteiger charge is 2.22. The summed E-state index contributed by atoms with van der Waals surface area (Å²) >= 11 is 0. The van der Waals surface area contributed by atoms with Crippen molar-refractivity contribution < 1.29 is 0 Å². The zero-order valence-electron chi connectivity index (χ0n) is 16.2. The van der Waals surface area contributed by atoms with E-state index in [0.717, 1.165) is 0 Å². The standard InChI is InChI=1S/C28H22/c1-19-15-20(2)17-23(16-19)22-13-11-21(12-14-22)18-28-26-9-5-3-7-24(26)25-8-4-6-10-27(25)28/h3-18H,1-2H3. The second-order valence-electron chi connectivity index (χ2n) is 7.65. The molecule has 0 N–H and O–H groups in total. The van der Waals surface area contributed by atoms with E-state index in [0.29, 0.717) is 0 Å². The predicted octanol–water partition coefficient (Wildman–Crippen LogP) is 7.54. The Morgan fingerprint density at radius 1 is 0.500 bits per heavy atom. The lowest BCUT2D eigenvalue weighted by Crippen LogP contribution is -1.84. The van der Waals surface area contributed by atoms with Crippen molar-refractivity contribution in [3.63, 3.8) is 0 Å². The highest BCUT2D eigenvalue weighted by atomic mass is 14.2. The lowest BCUT2D eigenvalue weighted by atomic mass is 9.98. The molecule has 0 aliphatic heterocycles. The lowest BCUT2D eigenvalue weighted by molar-refractivity contribution is 1.38. The molecular weight excluding hydrogens is 336 g/mol. The van der Waals surface area contributed by atoms with E-state index in [9.17, 15) is 0 Å². The highest BCUT2D eigenvalue weighted by molar-refractivity contribution is 6.06. The third kappa shape index (κ3) is 2.88. The summed E-state index contributed by atoms with van der Waals surface area (Å²) in [6.07, 6.45) is 2.32. The Hall–Kier alpha value is -3.38. The predicted molar refractivity (Wildman–Crippen MR) is 120 cm³/mol. The first kappa shape index (κ1) is 16.8. The Kier molecular flexibility index (Phi) is 3.98. The molecule has 1 aliphatic carbocycles. The van der Waals surface area contributed by atoms with Crippen LogP contribution in [-0.2, 0) is 0 Å². The molecule has 0 spiro atoms. The zero-order valence-corrected chi connectivity index (χ0v) is 16.2. The normalized spacial score (nSPS) is 11.9. The van der Waals surface area contributed by atoms with Crippen LogP contribution in [0.4, 0.5) is 0 Å². The Bertz CT molecular complexity index is 1140. The van der Waals surface area contributed by atoms with E-state index >= 15 is 0 Å². The van der Waals surface area contributed by atoms with Crippen LogP contribution in [0, 0.1) is 13.8 Å². The fraction of sp³-hybridized carbons (Fsp3) is 0.0714. The summed E-state index contributed by atoms with van der Waals surface area (Å²) in [7, 11) is 0. The first-order chi connectivity index (χ1) is 13.7. The summed E-state index contributed by atoms with van der Waals surface area (Å²) in [5.41, 5.74) is 13.0. The minimum atomic E-state index is 1.23. The fourth-order valence-electron chi connectivity index (χ4n) is 4.29. The maximum Gasteiger partial charge on any atom is -0.00930 e. The Morgan fingerprint density at radius 2 is 1.00 bits per heavy atom. The van der Waals surface area contributed by atoms with Gasteiger partial charge in [0.2, 0.25) is 0 Å². The maximum atomic E-state index is 2.32. The van der Waals surface area contributed by atoms with Gasteiger partial charge in [0.15, 0.2) is 0 Å². The molecule has 0 nitrogen and oxygen atoms in total. The van der Waals surface area contributed by atoms with Crippen molar-refractivity contribution in [3.05, 3.63) is 119 Å². The Labute approximate surface area is 166 Å². The molecule has 1 aliphatic rings. The van der Waals surface area contributed by atoms with E-state index < -0.39 is 0 Å². The van der Waals surface area contributed by atoms with Gasteiger partial charge in [-0.1, -0.05) is 102 Å². The molecule has 0 aromatic heterocycles. The van der Waals surface area contributed by atoms with Gasteiger partial charge >= 0.3 is 0 Å². The minimum absolute atomic E-state index is 1.23. The Balaban J connectivity index is 1.57. The van der Waals surface area contributed by atoms with Crippen LogP contribution in [0.15, 0.2) is 91.0 Å². The molecule has 0 radical (unpaired) electrons. The van der Waals surface area contributed by atoms with Crippen molar-refractivity contribution in [2.45, 2.75) is 13.8 Å². The summed E-state index contributed by atoms with van der Waals surface area (Å²) in [4.78, 5) is 0. The molecule has 0 heteroatoms. The maximum absolute atomic E-state index is 2.32. The van der Waals surface area contributed by atoms with Gasteiger partial charge in [-0.15, -0.1) is 0 Å². The van der Waals surface area contributed by atoms with Crippen LogP contribution < -0.4 is 0 Å². The van der Waals surface area contributed by atoms with E-state index in [1.165, 1.54) is 55.6 Å². The molecule has 28 heavy (non-hydrogen) atoms. The van der Waals surface area contributed by atoms with Gasteiger partial charge in [0.05, 0.1) is 0 Å². The summed E-state index contributed by atoms with van der Waals surface area (Å²) in [5.74, 6) is 0. The van der Waals surface area contributed by atoms with E-state index in [2.05, 4.69) is 111 Å².